The van der Waals surface area contributed by atoms with Crippen molar-refractivity contribution in [1.29, 1.82) is 5.26 Å². The van der Waals surface area contributed by atoms with E-state index in [1.807, 2.05) is 13.8 Å². The standard InChI is InChI=1S/C12H20N2O2/c1-4-10(2)14(3)11(15)12(9-13)5-7-16-8-6-12/h10H,4-8H2,1-3H3. The van der Waals surface area contributed by atoms with E-state index in [9.17, 15) is 10.1 Å². The number of carbonyl (C=O) groups excluding carboxylic acids is 1. The van der Waals surface area contributed by atoms with Gasteiger partial charge in [0, 0.05) is 26.3 Å². The normalized spacial score (nSPS) is 20.9. The fourth-order valence-corrected chi connectivity index (χ4v) is 1.90. The predicted molar refractivity (Wildman–Crippen MR) is 60.6 cm³/mol. The molecule has 0 aromatic rings. The van der Waals surface area contributed by atoms with Crippen molar-refractivity contribution in [3.63, 3.8) is 0 Å². The maximum absolute atomic E-state index is 12.3. The Morgan fingerprint density at radius 1 is 1.56 bits per heavy atom. The summed E-state index contributed by atoms with van der Waals surface area (Å²) in [6.07, 6.45) is 1.94. The van der Waals surface area contributed by atoms with Crippen molar-refractivity contribution >= 4 is 5.91 Å². The van der Waals surface area contributed by atoms with E-state index in [-0.39, 0.29) is 11.9 Å². The van der Waals surface area contributed by atoms with Gasteiger partial charge in [-0.1, -0.05) is 6.92 Å². The van der Waals surface area contributed by atoms with Crippen molar-refractivity contribution in [3.8, 4) is 6.07 Å². The number of ether oxygens (including phenoxy) is 1. The van der Waals surface area contributed by atoms with Crippen molar-refractivity contribution < 1.29 is 9.53 Å². The van der Waals surface area contributed by atoms with Crippen LogP contribution in [0.5, 0.6) is 0 Å². The van der Waals surface area contributed by atoms with E-state index in [1.54, 1.807) is 11.9 Å². The molecule has 1 heterocycles. The molecule has 90 valence electrons. The number of rotatable bonds is 3. The van der Waals surface area contributed by atoms with Crippen LogP contribution in [0, 0.1) is 16.7 Å². The van der Waals surface area contributed by atoms with Crippen LogP contribution in [0.4, 0.5) is 0 Å². The summed E-state index contributed by atoms with van der Waals surface area (Å²) in [6.45, 7) is 5.06. The lowest BCUT2D eigenvalue weighted by Crippen LogP contribution is -2.47. The maximum atomic E-state index is 12.3. The second-order valence-electron chi connectivity index (χ2n) is 4.48. The molecule has 0 radical (unpaired) electrons. The first-order valence-electron chi connectivity index (χ1n) is 5.83. The van der Waals surface area contributed by atoms with Gasteiger partial charge >= 0.3 is 0 Å². The molecule has 1 unspecified atom stereocenters. The molecule has 1 aliphatic heterocycles. The van der Waals surface area contributed by atoms with Gasteiger partial charge < -0.3 is 9.64 Å². The molecular weight excluding hydrogens is 204 g/mol. The van der Waals surface area contributed by atoms with Gasteiger partial charge in [-0.2, -0.15) is 5.26 Å². The van der Waals surface area contributed by atoms with Crippen molar-refractivity contribution in [2.75, 3.05) is 20.3 Å². The summed E-state index contributed by atoms with van der Waals surface area (Å²) >= 11 is 0. The van der Waals surface area contributed by atoms with Crippen LogP contribution in [-0.4, -0.2) is 37.1 Å². The molecule has 1 fully saturated rings. The number of amides is 1. The Bertz CT molecular complexity index is 290. The van der Waals surface area contributed by atoms with Gasteiger partial charge in [0.05, 0.1) is 6.07 Å². The highest BCUT2D eigenvalue weighted by Crippen LogP contribution is 2.32. The zero-order valence-electron chi connectivity index (χ0n) is 10.3. The van der Waals surface area contributed by atoms with Crippen LogP contribution >= 0.6 is 0 Å². The van der Waals surface area contributed by atoms with Crippen LogP contribution in [0.15, 0.2) is 0 Å². The first kappa shape index (κ1) is 13.0. The summed E-state index contributed by atoms with van der Waals surface area (Å²) in [5.41, 5.74) is -0.851. The molecule has 0 saturated carbocycles. The van der Waals surface area contributed by atoms with Gasteiger partial charge in [0.25, 0.3) is 0 Å². The first-order valence-corrected chi connectivity index (χ1v) is 5.83. The minimum Gasteiger partial charge on any atom is -0.381 e. The molecule has 1 atom stereocenters. The fourth-order valence-electron chi connectivity index (χ4n) is 1.90. The smallest absolute Gasteiger partial charge is 0.243 e. The molecule has 1 saturated heterocycles. The lowest BCUT2D eigenvalue weighted by molar-refractivity contribution is -0.144. The van der Waals surface area contributed by atoms with Gasteiger partial charge in [-0.25, -0.2) is 0 Å². The molecular formula is C12H20N2O2. The van der Waals surface area contributed by atoms with E-state index in [4.69, 9.17) is 4.74 Å². The third kappa shape index (κ3) is 2.35. The number of nitrogens with zero attached hydrogens (tertiary/aromatic N) is 2. The van der Waals surface area contributed by atoms with Crippen molar-refractivity contribution in [3.05, 3.63) is 0 Å². The SMILES string of the molecule is CCC(C)N(C)C(=O)C1(C#N)CCOCC1. The minimum absolute atomic E-state index is 0.0485. The Kier molecular flexibility index (Phi) is 4.31. The summed E-state index contributed by atoms with van der Waals surface area (Å²) in [6, 6.07) is 2.39. The van der Waals surface area contributed by atoms with Crippen LogP contribution in [0.3, 0.4) is 0 Å². The summed E-state index contributed by atoms with van der Waals surface area (Å²) in [5, 5.41) is 9.26. The van der Waals surface area contributed by atoms with Crippen LogP contribution in [0.2, 0.25) is 0 Å². The topological polar surface area (TPSA) is 53.3 Å². The molecule has 0 spiro atoms. The third-order valence-corrected chi connectivity index (χ3v) is 3.54. The molecule has 0 N–H and O–H groups in total. The van der Waals surface area contributed by atoms with E-state index < -0.39 is 5.41 Å². The fraction of sp³-hybridized carbons (Fsp3) is 0.833. The Hall–Kier alpha value is -1.08. The molecule has 0 bridgehead atoms. The average molecular weight is 224 g/mol. The predicted octanol–water partition coefficient (Wildman–Crippen LogP) is 1.56. The average Bonchev–Trinajstić information content (AvgIpc) is 2.36. The highest BCUT2D eigenvalue weighted by atomic mass is 16.5. The lowest BCUT2D eigenvalue weighted by Gasteiger charge is -2.35. The van der Waals surface area contributed by atoms with Crippen LogP contribution < -0.4 is 0 Å². The molecule has 0 aromatic heterocycles. The molecule has 0 aliphatic carbocycles. The second-order valence-corrected chi connectivity index (χ2v) is 4.48. The van der Waals surface area contributed by atoms with E-state index in [2.05, 4.69) is 6.07 Å². The quantitative estimate of drug-likeness (QED) is 0.731. The Morgan fingerprint density at radius 2 is 2.12 bits per heavy atom. The Balaban J connectivity index is 2.80. The number of carbonyl (C=O) groups is 1. The summed E-state index contributed by atoms with van der Waals surface area (Å²) in [5.74, 6) is -0.0485. The Labute approximate surface area is 97.2 Å². The van der Waals surface area contributed by atoms with E-state index >= 15 is 0 Å². The first-order chi connectivity index (χ1) is 7.57. The third-order valence-electron chi connectivity index (χ3n) is 3.54. The van der Waals surface area contributed by atoms with Crippen molar-refractivity contribution in [1.82, 2.24) is 4.90 Å². The zero-order valence-corrected chi connectivity index (χ0v) is 10.3. The molecule has 16 heavy (non-hydrogen) atoms. The zero-order chi connectivity index (χ0) is 12.2. The van der Waals surface area contributed by atoms with E-state index in [0.29, 0.717) is 26.1 Å². The summed E-state index contributed by atoms with van der Waals surface area (Å²) in [4.78, 5) is 14.0. The van der Waals surface area contributed by atoms with Crippen LogP contribution in [0.25, 0.3) is 0 Å². The number of hydrogen-bond donors (Lipinski definition) is 0. The Morgan fingerprint density at radius 3 is 2.56 bits per heavy atom. The van der Waals surface area contributed by atoms with Gasteiger partial charge in [-0.15, -0.1) is 0 Å². The summed E-state index contributed by atoms with van der Waals surface area (Å²) in [7, 11) is 1.78. The molecule has 4 nitrogen and oxygen atoms in total. The minimum atomic E-state index is -0.851. The lowest BCUT2D eigenvalue weighted by atomic mass is 9.80. The van der Waals surface area contributed by atoms with E-state index in [0.717, 1.165) is 6.42 Å². The monoisotopic (exact) mass is 224 g/mol. The molecule has 1 rings (SSSR count). The number of hydrogen-bond acceptors (Lipinski definition) is 3. The molecule has 4 heteroatoms. The van der Waals surface area contributed by atoms with Crippen molar-refractivity contribution in [2.45, 2.75) is 39.2 Å². The van der Waals surface area contributed by atoms with Gasteiger partial charge in [0.2, 0.25) is 5.91 Å². The van der Waals surface area contributed by atoms with Gasteiger partial charge in [0.15, 0.2) is 0 Å². The molecule has 0 aromatic carbocycles. The highest BCUT2D eigenvalue weighted by Gasteiger charge is 2.42. The van der Waals surface area contributed by atoms with Crippen molar-refractivity contribution in [2.24, 2.45) is 5.41 Å². The van der Waals surface area contributed by atoms with Crippen LogP contribution in [-0.2, 0) is 9.53 Å². The summed E-state index contributed by atoms with van der Waals surface area (Å²) < 4.78 is 5.22. The molecule has 1 amide bonds. The molecule has 1 aliphatic rings. The van der Waals surface area contributed by atoms with Gasteiger partial charge in [-0.3, -0.25) is 4.79 Å². The maximum Gasteiger partial charge on any atom is 0.243 e. The second kappa shape index (κ2) is 5.31. The highest BCUT2D eigenvalue weighted by molar-refractivity contribution is 5.85. The number of nitriles is 1. The van der Waals surface area contributed by atoms with Crippen LogP contribution in [0.1, 0.15) is 33.1 Å². The van der Waals surface area contributed by atoms with Gasteiger partial charge in [0.1, 0.15) is 5.41 Å². The van der Waals surface area contributed by atoms with Gasteiger partial charge in [-0.05, 0) is 26.2 Å². The largest absolute Gasteiger partial charge is 0.381 e. The van der Waals surface area contributed by atoms with E-state index in [1.165, 1.54) is 0 Å².